The number of benzene rings is 1. The number of nitrogens with zero attached hydrogens (tertiary/aromatic N) is 3. The first-order valence-electron chi connectivity index (χ1n) is 10.9. The first kappa shape index (κ1) is 22.5. The number of aryl methyl sites for hydroxylation is 1. The van der Waals surface area contributed by atoms with Crippen molar-refractivity contribution >= 4 is 16.8 Å². The van der Waals surface area contributed by atoms with Gasteiger partial charge in [0.15, 0.2) is 0 Å². The molecule has 0 atom stereocenters. The number of carbonyl (C=O) groups is 1. The molecule has 1 N–H and O–H groups in total. The Bertz CT molecular complexity index is 1080. The number of hydrogen-bond donors (Lipinski definition) is 1. The minimum Gasteiger partial charge on any atom is -0.368 e. The van der Waals surface area contributed by atoms with Crippen molar-refractivity contribution in [3.63, 3.8) is 0 Å². The van der Waals surface area contributed by atoms with Crippen LogP contribution in [-0.4, -0.2) is 51.9 Å². The molecule has 2 heterocycles. The molecule has 1 amide bonds. The third-order valence-electron chi connectivity index (χ3n) is 5.52. The van der Waals surface area contributed by atoms with Gasteiger partial charge in [0, 0.05) is 44.7 Å². The minimum atomic E-state index is -0.155. The number of rotatable bonds is 6. The van der Waals surface area contributed by atoms with Gasteiger partial charge in [-0.25, -0.2) is 4.98 Å². The highest BCUT2D eigenvalue weighted by molar-refractivity contribution is 5.78. The summed E-state index contributed by atoms with van der Waals surface area (Å²) in [6, 6.07) is 7.26. The zero-order valence-electron chi connectivity index (χ0n) is 18.9. The largest absolute Gasteiger partial charge is 0.368 e. The van der Waals surface area contributed by atoms with Gasteiger partial charge in [0.1, 0.15) is 5.82 Å². The fraction of sp³-hybridized carbons (Fsp3) is 0.400. The van der Waals surface area contributed by atoms with E-state index in [9.17, 15) is 9.59 Å². The topological polar surface area (TPSA) is 69.3 Å². The molecule has 1 aromatic heterocycles. The third-order valence-corrected chi connectivity index (χ3v) is 5.52. The van der Waals surface area contributed by atoms with E-state index in [2.05, 4.69) is 47.8 Å². The lowest BCUT2D eigenvalue weighted by atomic mass is 10.1. The molecule has 0 saturated carbocycles. The van der Waals surface area contributed by atoms with E-state index in [4.69, 9.17) is 0 Å². The summed E-state index contributed by atoms with van der Waals surface area (Å²) in [6.07, 6.45) is 7.14. The van der Waals surface area contributed by atoms with Gasteiger partial charge in [-0.05, 0) is 51.5 Å². The van der Waals surface area contributed by atoms with Gasteiger partial charge in [-0.2, -0.15) is 0 Å². The summed E-state index contributed by atoms with van der Waals surface area (Å²) in [5.74, 6) is 0.668. The van der Waals surface area contributed by atoms with Crippen molar-refractivity contribution in [2.45, 2.75) is 40.5 Å². The van der Waals surface area contributed by atoms with E-state index < -0.39 is 0 Å². The van der Waals surface area contributed by atoms with Crippen molar-refractivity contribution in [2.75, 3.05) is 26.2 Å². The lowest BCUT2D eigenvalue weighted by molar-refractivity contribution is -0.132. The van der Waals surface area contributed by atoms with E-state index in [1.54, 1.807) is 6.07 Å². The minimum absolute atomic E-state index is 0.106. The van der Waals surface area contributed by atoms with E-state index in [1.165, 1.54) is 16.8 Å². The van der Waals surface area contributed by atoms with E-state index in [-0.39, 0.29) is 11.5 Å². The van der Waals surface area contributed by atoms with E-state index in [1.807, 2.05) is 36.1 Å². The molecule has 0 radical (unpaired) electrons. The highest BCUT2D eigenvalue weighted by Crippen LogP contribution is 2.18. The molecule has 1 aliphatic rings. The van der Waals surface area contributed by atoms with Crippen LogP contribution in [0.2, 0.25) is 0 Å². The Morgan fingerprint density at radius 1 is 1.10 bits per heavy atom. The molecular formula is C25H32N4O2. The molecular weight excluding hydrogens is 388 g/mol. The zero-order chi connectivity index (χ0) is 22.4. The number of nitrogens with one attached hydrogen (secondary N) is 1. The van der Waals surface area contributed by atoms with Gasteiger partial charge in [-0.3, -0.25) is 9.59 Å². The number of H-pyrrole nitrogens is 1. The standard InChI is InChI=1S/C25H32N4O2/c1-5-8-19(4)17-22(18(2)3)28-13-15-29(16-14-28)24(30)12-11-23-26-21-10-7-6-9-20(21)25(31)27-23/h5-10,17H,11-16H2,1-4H3,(H,26,27,31)/b8-5-,19-17-. The number of amides is 1. The lowest BCUT2D eigenvalue weighted by Gasteiger charge is -2.37. The zero-order valence-corrected chi connectivity index (χ0v) is 18.9. The smallest absolute Gasteiger partial charge is 0.258 e. The molecule has 0 aliphatic carbocycles. The van der Waals surface area contributed by atoms with E-state index in [0.29, 0.717) is 42.7 Å². The van der Waals surface area contributed by atoms with Crippen LogP contribution in [-0.2, 0) is 11.2 Å². The van der Waals surface area contributed by atoms with Crippen LogP contribution in [0.3, 0.4) is 0 Å². The van der Waals surface area contributed by atoms with Gasteiger partial charge >= 0.3 is 0 Å². The second-order valence-corrected chi connectivity index (χ2v) is 8.17. The Kier molecular flexibility index (Phi) is 7.45. The summed E-state index contributed by atoms with van der Waals surface area (Å²) in [6.45, 7) is 11.4. The average molecular weight is 421 g/mol. The average Bonchev–Trinajstić information content (AvgIpc) is 2.76. The fourth-order valence-corrected chi connectivity index (χ4v) is 3.91. The molecule has 1 fully saturated rings. The summed E-state index contributed by atoms with van der Waals surface area (Å²) >= 11 is 0. The van der Waals surface area contributed by atoms with Crippen LogP contribution >= 0.6 is 0 Å². The van der Waals surface area contributed by atoms with Gasteiger partial charge in [0.05, 0.1) is 10.9 Å². The molecule has 31 heavy (non-hydrogen) atoms. The summed E-state index contributed by atoms with van der Waals surface area (Å²) in [7, 11) is 0. The summed E-state index contributed by atoms with van der Waals surface area (Å²) in [5.41, 5.74) is 4.24. The van der Waals surface area contributed by atoms with Gasteiger partial charge < -0.3 is 14.8 Å². The Hall–Kier alpha value is -3.15. The van der Waals surface area contributed by atoms with Crippen molar-refractivity contribution in [2.24, 2.45) is 0 Å². The Morgan fingerprint density at radius 2 is 1.77 bits per heavy atom. The number of para-hydroxylation sites is 1. The highest BCUT2D eigenvalue weighted by atomic mass is 16.2. The summed E-state index contributed by atoms with van der Waals surface area (Å²) < 4.78 is 0. The third kappa shape index (κ3) is 5.72. The van der Waals surface area contributed by atoms with Crippen LogP contribution in [0.1, 0.15) is 39.9 Å². The molecule has 6 nitrogen and oxygen atoms in total. The maximum Gasteiger partial charge on any atom is 0.258 e. The number of fused-ring (bicyclic) bond motifs is 1. The number of aromatic nitrogens is 2. The van der Waals surface area contributed by atoms with Crippen molar-refractivity contribution in [3.8, 4) is 0 Å². The Balaban J connectivity index is 1.59. The van der Waals surface area contributed by atoms with Crippen LogP contribution in [0.25, 0.3) is 10.9 Å². The van der Waals surface area contributed by atoms with Gasteiger partial charge in [0.25, 0.3) is 5.56 Å². The molecule has 0 unspecified atom stereocenters. The molecule has 164 valence electrons. The monoisotopic (exact) mass is 420 g/mol. The van der Waals surface area contributed by atoms with Gasteiger partial charge in [0.2, 0.25) is 5.91 Å². The van der Waals surface area contributed by atoms with Crippen LogP contribution in [0.4, 0.5) is 0 Å². The highest BCUT2D eigenvalue weighted by Gasteiger charge is 2.22. The van der Waals surface area contributed by atoms with Crippen molar-refractivity contribution in [3.05, 3.63) is 75.5 Å². The number of allylic oxidation sites excluding steroid dienone is 5. The van der Waals surface area contributed by atoms with Crippen LogP contribution in [0.5, 0.6) is 0 Å². The predicted molar refractivity (Wildman–Crippen MR) is 126 cm³/mol. The quantitative estimate of drug-likeness (QED) is 0.722. The van der Waals surface area contributed by atoms with E-state index >= 15 is 0 Å². The SMILES string of the molecule is C/C=C\C(C)=C/C(=C(C)C)N1CCN(C(=O)CCc2nc3ccccc3c(=O)[nH]2)CC1. The number of hydrogen-bond acceptors (Lipinski definition) is 4. The predicted octanol–water partition coefficient (Wildman–Crippen LogP) is 3.82. The summed E-state index contributed by atoms with van der Waals surface area (Å²) in [5, 5.41) is 0.572. The van der Waals surface area contributed by atoms with E-state index in [0.717, 1.165) is 13.1 Å². The Morgan fingerprint density at radius 3 is 2.45 bits per heavy atom. The Labute approximate surface area is 184 Å². The van der Waals surface area contributed by atoms with Crippen molar-refractivity contribution < 1.29 is 4.79 Å². The molecule has 0 bridgehead atoms. The molecule has 1 aromatic carbocycles. The first-order chi connectivity index (χ1) is 14.9. The second-order valence-electron chi connectivity index (χ2n) is 8.17. The maximum atomic E-state index is 12.7. The molecule has 6 heteroatoms. The molecule has 1 saturated heterocycles. The van der Waals surface area contributed by atoms with Crippen molar-refractivity contribution in [1.29, 1.82) is 0 Å². The number of piperazine rings is 1. The fourth-order valence-electron chi connectivity index (χ4n) is 3.91. The van der Waals surface area contributed by atoms with Crippen LogP contribution < -0.4 is 5.56 Å². The van der Waals surface area contributed by atoms with Gasteiger partial charge in [-0.15, -0.1) is 0 Å². The van der Waals surface area contributed by atoms with Crippen molar-refractivity contribution in [1.82, 2.24) is 19.8 Å². The maximum absolute atomic E-state index is 12.7. The van der Waals surface area contributed by atoms with Gasteiger partial charge in [-0.1, -0.05) is 29.9 Å². The molecule has 0 spiro atoms. The van der Waals surface area contributed by atoms with Crippen LogP contribution in [0, 0.1) is 0 Å². The second kappa shape index (κ2) is 10.2. The molecule has 3 rings (SSSR count). The number of aromatic amines is 1. The normalized spacial score (nSPS) is 15.0. The van der Waals surface area contributed by atoms with Crippen LogP contribution in [0.15, 0.2) is 64.1 Å². The number of carbonyl (C=O) groups excluding carboxylic acids is 1. The lowest BCUT2D eigenvalue weighted by Crippen LogP contribution is -2.48. The summed E-state index contributed by atoms with van der Waals surface area (Å²) in [4.78, 5) is 36.5. The molecule has 2 aromatic rings. The molecule has 1 aliphatic heterocycles. The first-order valence-corrected chi connectivity index (χ1v) is 10.9.